The summed E-state index contributed by atoms with van der Waals surface area (Å²) in [4.78, 5) is 17.3. The van der Waals surface area contributed by atoms with Crippen LogP contribution in [0.15, 0.2) is 72.1 Å². The number of rotatable bonds is 7. The summed E-state index contributed by atoms with van der Waals surface area (Å²) in [6, 6.07) is 15.5. The Kier molecular flexibility index (Phi) is 6.34. The van der Waals surface area contributed by atoms with Crippen molar-refractivity contribution < 1.29 is 9.18 Å². The standard InChI is InChI=1S/C25H21ClFN5OS/c1-15-20(26)3-2-4-21(15)32-23(17-11-13-28-14-12-17)30-31-25(32)34-22(24(33)29-19-9-10-19)16-5-7-18(27)8-6-16/h2-8,11-14,19,22H,9-10H2,1H3,(H,29,33). The van der Waals surface area contributed by atoms with Crippen LogP contribution in [0.5, 0.6) is 0 Å². The van der Waals surface area contributed by atoms with E-state index in [1.807, 2.05) is 41.8 Å². The number of pyridine rings is 1. The second-order valence-electron chi connectivity index (χ2n) is 8.09. The van der Waals surface area contributed by atoms with Gasteiger partial charge in [-0.2, -0.15) is 0 Å². The fourth-order valence-corrected chi connectivity index (χ4v) is 4.84. The van der Waals surface area contributed by atoms with Gasteiger partial charge in [-0.1, -0.05) is 41.6 Å². The molecule has 1 N–H and O–H groups in total. The molecule has 0 bridgehead atoms. The van der Waals surface area contributed by atoms with Gasteiger partial charge in [-0.05, 0) is 67.3 Å². The molecule has 172 valence electrons. The molecule has 0 saturated heterocycles. The Labute approximate surface area is 205 Å². The number of benzene rings is 2. The Bertz CT molecular complexity index is 1330. The zero-order valence-electron chi connectivity index (χ0n) is 18.3. The number of amides is 1. The van der Waals surface area contributed by atoms with Gasteiger partial charge < -0.3 is 5.32 Å². The first-order chi connectivity index (χ1) is 16.5. The van der Waals surface area contributed by atoms with E-state index < -0.39 is 5.25 Å². The molecule has 0 spiro atoms. The molecule has 1 atom stereocenters. The third-order valence-corrected chi connectivity index (χ3v) is 7.22. The zero-order valence-corrected chi connectivity index (χ0v) is 19.9. The second kappa shape index (κ2) is 9.56. The van der Waals surface area contributed by atoms with Crippen LogP contribution >= 0.6 is 23.4 Å². The van der Waals surface area contributed by atoms with Gasteiger partial charge in [0, 0.05) is 29.0 Å². The average molecular weight is 494 g/mol. The topological polar surface area (TPSA) is 72.7 Å². The zero-order chi connectivity index (χ0) is 23.7. The first kappa shape index (κ1) is 22.6. The van der Waals surface area contributed by atoms with Crippen LogP contribution in [0.25, 0.3) is 17.1 Å². The lowest BCUT2D eigenvalue weighted by Gasteiger charge is -2.18. The van der Waals surface area contributed by atoms with E-state index in [2.05, 4.69) is 20.5 Å². The number of hydrogen-bond acceptors (Lipinski definition) is 5. The Morgan fingerprint density at radius 2 is 1.85 bits per heavy atom. The fourth-order valence-electron chi connectivity index (χ4n) is 3.61. The first-order valence-electron chi connectivity index (χ1n) is 10.8. The molecule has 1 aliphatic rings. The fraction of sp³-hybridized carbons (Fsp3) is 0.200. The van der Waals surface area contributed by atoms with Crippen LogP contribution in [0.4, 0.5) is 4.39 Å². The molecule has 1 amide bonds. The molecule has 6 nitrogen and oxygen atoms in total. The van der Waals surface area contributed by atoms with E-state index in [-0.39, 0.29) is 17.8 Å². The normalized spacial score (nSPS) is 14.1. The van der Waals surface area contributed by atoms with Crippen molar-refractivity contribution in [3.63, 3.8) is 0 Å². The van der Waals surface area contributed by atoms with Gasteiger partial charge in [0.05, 0.1) is 5.69 Å². The molecule has 2 heterocycles. The van der Waals surface area contributed by atoms with Gasteiger partial charge in [0.1, 0.15) is 11.1 Å². The molecule has 4 aromatic rings. The van der Waals surface area contributed by atoms with Crippen molar-refractivity contribution in [1.29, 1.82) is 0 Å². The maximum absolute atomic E-state index is 13.6. The highest BCUT2D eigenvalue weighted by molar-refractivity contribution is 8.00. The highest BCUT2D eigenvalue weighted by Crippen LogP contribution is 2.39. The van der Waals surface area contributed by atoms with E-state index in [4.69, 9.17) is 11.6 Å². The van der Waals surface area contributed by atoms with E-state index in [0.717, 1.165) is 29.7 Å². The number of carbonyl (C=O) groups excluding carboxylic acids is 1. The molecule has 9 heteroatoms. The summed E-state index contributed by atoms with van der Waals surface area (Å²) < 4.78 is 15.5. The summed E-state index contributed by atoms with van der Waals surface area (Å²) in [5.41, 5.74) is 3.19. The van der Waals surface area contributed by atoms with E-state index in [1.165, 1.54) is 23.9 Å². The number of aromatic nitrogens is 4. The van der Waals surface area contributed by atoms with Gasteiger partial charge in [0.25, 0.3) is 0 Å². The molecule has 1 saturated carbocycles. The van der Waals surface area contributed by atoms with Gasteiger partial charge in [0.15, 0.2) is 11.0 Å². The summed E-state index contributed by atoms with van der Waals surface area (Å²) in [6.45, 7) is 1.93. The molecule has 1 unspecified atom stereocenters. The van der Waals surface area contributed by atoms with Crippen LogP contribution in [-0.2, 0) is 4.79 Å². The van der Waals surface area contributed by atoms with E-state index in [0.29, 0.717) is 21.6 Å². The van der Waals surface area contributed by atoms with Crippen molar-refractivity contribution in [2.45, 2.75) is 36.2 Å². The summed E-state index contributed by atoms with van der Waals surface area (Å²) in [6.07, 6.45) is 5.32. The number of halogens is 2. The lowest BCUT2D eigenvalue weighted by Crippen LogP contribution is -2.30. The van der Waals surface area contributed by atoms with Crippen molar-refractivity contribution >= 4 is 29.3 Å². The summed E-state index contributed by atoms with van der Waals surface area (Å²) in [5.74, 6) is 0.116. The van der Waals surface area contributed by atoms with Gasteiger partial charge in [0.2, 0.25) is 5.91 Å². The second-order valence-corrected chi connectivity index (χ2v) is 9.57. The van der Waals surface area contributed by atoms with Gasteiger partial charge >= 0.3 is 0 Å². The quantitative estimate of drug-likeness (QED) is 0.342. The molecule has 1 fully saturated rings. The van der Waals surface area contributed by atoms with Crippen LogP contribution in [0, 0.1) is 12.7 Å². The first-order valence-corrected chi connectivity index (χ1v) is 12.1. The third kappa shape index (κ3) is 4.69. The minimum absolute atomic E-state index is 0.137. The largest absolute Gasteiger partial charge is 0.352 e. The van der Waals surface area contributed by atoms with Crippen molar-refractivity contribution in [2.75, 3.05) is 0 Å². The molecule has 2 aromatic carbocycles. The average Bonchev–Trinajstić information content (AvgIpc) is 3.57. The molecule has 2 aromatic heterocycles. The minimum Gasteiger partial charge on any atom is -0.352 e. The predicted octanol–water partition coefficient (Wildman–Crippen LogP) is 5.54. The number of thioether (sulfide) groups is 1. The van der Waals surface area contributed by atoms with Gasteiger partial charge in [-0.15, -0.1) is 10.2 Å². The van der Waals surface area contributed by atoms with Crippen LogP contribution in [0.1, 0.15) is 29.2 Å². The smallest absolute Gasteiger partial charge is 0.238 e. The summed E-state index contributed by atoms with van der Waals surface area (Å²) >= 11 is 7.72. The molecule has 0 aliphatic heterocycles. The highest BCUT2D eigenvalue weighted by atomic mass is 35.5. The molecular formula is C25H21ClFN5OS. The molecular weight excluding hydrogens is 473 g/mol. The third-order valence-electron chi connectivity index (χ3n) is 5.61. The minimum atomic E-state index is -0.631. The van der Waals surface area contributed by atoms with Crippen LogP contribution in [0.2, 0.25) is 5.02 Å². The Balaban J connectivity index is 1.61. The van der Waals surface area contributed by atoms with Crippen LogP contribution < -0.4 is 5.32 Å². The van der Waals surface area contributed by atoms with Gasteiger partial charge in [-0.3, -0.25) is 14.3 Å². The number of nitrogens with one attached hydrogen (secondary N) is 1. The van der Waals surface area contributed by atoms with Crippen molar-refractivity contribution in [3.8, 4) is 17.1 Å². The molecule has 1 aliphatic carbocycles. The SMILES string of the molecule is Cc1c(Cl)cccc1-n1c(SC(C(=O)NC2CC2)c2ccc(F)cc2)nnc1-c1ccncc1. The number of hydrogen-bond donors (Lipinski definition) is 1. The Hall–Kier alpha value is -3.23. The van der Waals surface area contributed by atoms with Crippen LogP contribution in [0.3, 0.4) is 0 Å². The molecule has 5 rings (SSSR count). The van der Waals surface area contributed by atoms with E-state index >= 15 is 0 Å². The lowest BCUT2D eigenvalue weighted by atomic mass is 10.1. The van der Waals surface area contributed by atoms with Crippen LogP contribution in [-0.4, -0.2) is 31.7 Å². The van der Waals surface area contributed by atoms with E-state index in [1.54, 1.807) is 24.5 Å². The summed E-state index contributed by atoms with van der Waals surface area (Å²) in [7, 11) is 0. The highest BCUT2D eigenvalue weighted by Gasteiger charge is 2.31. The monoisotopic (exact) mass is 493 g/mol. The maximum Gasteiger partial charge on any atom is 0.238 e. The van der Waals surface area contributed by atoms with E-state index in [9.17, 15) is 9.18 Å². The maximum atomic E-state index is 13.6. The molecule has 34 heavy (non-hydrogen) atoms. The Morgan fingerprint density at radius 1 is 1.12 bits per heavy atom. The number of carbonyl (C=O) groups is 1. The van der Waals surface area contributed by atoms with Crippen molar-refractivity contribution in [3.05, 3.63) is 89.0 Å². The Morgan fingerprint density at radius 3 is 2.56 bits per heavy atom. The predicted molar refractivity (Wildman–Crippen MR) is 130 cm³/mol. The molecule has 0 radical (unpaired) electrons. The van der Waals surface area contributed by atoms with Crippen molar-refractivity contribution in [2.24, 2.45) is 0 Å². The lowest BCUT2D eigenvalue weighted by molar-refractivity contribution is -0.120. The van der Waals surface area contributed by atoms with Crippen molar-refractivity contribution in [1.82, 2.24) is 25.1 Å². The number of nitrogens with zero attached hydrogens (tertiary/aromatic N) is 4. The summed E-state index contributed by atoms with van der Waals surface area (Å²) in [5, 5.41) is 12.5. The van der Waals surface area contributed by atoms with Gasteiger partial charge in [-0.25, -0.2) is 4.39 Å².